The normalized spacial score (nSPS) is 15.4. The summed E-state index contributed by atoms with van der Waals surface area (Å²) in [4.78, 5) is 17.9. The fourth-order valence-corrected chi connectivity index (χ4v) is 3.98. The number of anilines is 2. The number of nitrogens with one attached hydrogen (secondary N) is 2. The van der Waals surface area contributed by atoms with Crippen LogP contribution in [0.1, 0.15) is 18.5 Å². The molecule has 2 N–H and O–H groups in total. The molecular weight excluding hydrogens is 422 g/mol. The largest absolute Gasteiger partial charge is 0.495 e. The van der Waals surface area contributed by atoms with Gasteiger partial charge in [0.15, 0.2) is 0 Å². The van der Waals surface area contributed by atoms with Gasteiger partial charge in [-0.25, -0.2) is 4.68 Å². The minimum atomic E-state index is -0.483. The SMILES string of the molecule is COc1ccccc1NC(=O)C1=C(C)Nc2nc(SC)nn2C1c1cccc(Cl)c1. The number of methoxy groups -OCH3 is 1. The molecule has 1 amide bonds. The zero-order valence-corrected chi connectivity index (χ0v) is 18.2. The molecule has 154 valence electrons. The first-order valence-corrected chi connectivity index (χ1v) is 10.8. The quantitative estimate of drug-likeness (QED) is 0.563. The fourth-order valence-electron chi connectivity index (χ4n) is 3.43. The van der Waals surface area contributed by atoms with Crippen molar-refractivity contribution in [3.63, 3.8) is 0 Å². The molecular formula is C21H20ClN5O2S. The average Bonchev–Trinajstić information content (AvgIpc) is 3.15. The first-order valence-electron chi connectivity index (χ1n) is 9.20. The maximum absolute atomic E-state index is 13.4. The van der Waals surface area contributed by atoms with Gasteiger partial charge in [-0.1, -0.05) is 47.6 Å². The highest BCUT2D eigenvalue weighted by Crippen LogP contribution is 2.37. The molecule has 1 unspecified atom stereocenters. The van der Waals surface area contributed by atoms with E-state index in [9.17, 15) is 4.79 Å². The first kappa shape index (κ1) is 20.3. The van der Waals surface area contributed by atoms with Crippen molar-refractivity contribution in [2.45, 2.75) is 18.1 Å². The van der Waals surface area contributed by atoms with Gasteiger partial charge in [0, 0.05) is 10.7 Å². The molecule has 0 radical (unpaired) electrons. The average molecular weight is 442 g/mol. The van der Waals surface area contributed by atoms with Crippen molar-refractivity contribution < 1.29 is 9.53 Å². The van der Waals surface area contributed by atoms with Crippen LogP contribution >= 0.6 is 23.4 Å². The molecule has 2 aromatic carbocycles. The van der Waals surface area contributed by atoms with Crippen molar-refractivity contribution in [1.29, 1.82) is 0 Å². The molecule has 0 fully saturated rings. The molecule has 1 atom stereocenters. The number of hydrogen-bond donors (Lipinski definition) is 2. The topological polar surface area (TPSA) is 81.1 Å². The number of amides is 1. The number of para-hydroxylation sites is 2. The van der Waals surface area contributed by atoms with E-state index in [0.29, 0.717) is 38.8 Å². The lowest BCUT2D eigenvalue weighted by atomic mass is 9.95. The number of thioether (sulfide) groups is 1. The van der Waals surface area contributed by atoms with Crippen LogP contribution in [0.15, 0.2) is 65.0 Å². The zero-order chi connectivity index (χ0) is 21.3. The maximum Gasteiger partial charge on any atom is 0.255 e. The Labute approximate surface area is 183 Å². The molecule has 2 heterocycles. The van der Waals surface area contributed by atoms with E-state index in [1.165, 1.54) is 11.8 Å². The number of ether oxygens (including phenoxy) is 1. The van der Waals surface area contributed by atoms with E-state index in [1.807, 2.05) is 43.5 Å². The Morgan fingerprint density at radius 1 is 1.27 bits per heavy atom. The summed E-state index contributed by atoms with van der Waals surface area (Å²) >= 11 is 7.69. The predicted molar refractivity (Wildman–Crippen MR) is 119 cm³/mol. The molecule has 0 bridgehead atoms. The van der Waals surface area contributed by atoms with E-state index in [4.69, 9.17) is 16.3 Å². The molecule has 0 saturated carbocycles. The Bertz CT molecular complexity index is 1140. The minimum Gasteiger partial charge on any atom is -0.495 e. The zero-order valence-electron chi connectivity index (χ0n) is 16.6. The molecule has 0 saturated heterocycles. The van der Waals surface area contributed by atoms with Gasteiger partial charge in [0.2, 0.25) is 11.1 Å². The van der Waals surface area contributed by atoms with Crippen molar-refractivity contribution in [1.82, 2.24) is 14.8 Å². The molecule has 4 rings (SSSR count). The van der Waals surface area contributed by atoms with E-state index in [0.717, 1.165) is 5.56 Å². The standard InChI is InChI=1S/C21H20ClN5O2S/c1-12-17(19(28)24-15-9-4-5-10-16(15)29-2)18(13-7-6-8-14(22)11-13)27-20(23-12)25-21(26-27)30-3/h4-11,18H,1-3H3,(H,24,28)(H,23,25,26). The number of rotatable bonds is 5. The molecule has 0 spiro atoms. The lowest BCUT2D eigenvalue weighted by Gasteiger charge is -2.29. The van der Waals surface area contributed by atoms with Gasteiger partial charge < -0.3 is 15.4 Å². The summed E-state index contributed by atoms with van der Waals surface area (Å²) in [5.74, 6) is 0.898. The van der Waals surface area contributed by atoms with E-state index >= 15 is 0 Å². The monoisotopic (exact) mass is 441 g/mol. The first-order chi connectivity index (χ1) is 14.5. The van der Waals surface area contributed by atoms with Gasteiger partial charge in [-0.05, 0) is 43.0 Å². The Morgan fingerprint density at radius 2 is 2.07 bits per heavy atom. The number of carbonyl (C=O) groups is 1. The van der Waals surface area contributed by atoms with Crippen LogP contribution in [0.25, 0.3) is 0 Å². The van der Waals surface area contributed by atoms with Gasteiger partial charge in [-0.3, -0.25) is 4.79 Å². The Morgan fingerprint density at radius 3 is 2.80 bits per heavy atom. The smallest absolute Gasteiger partial charge is 0.255 e. The molecule has 1 aliphatic rings. The number of fused-ring (bicyclic) bond motifs is 1. The molecule has 3 aromatic rings. The maximum atomic E-state index is 13.4. The second kappa shape index (κ2) is 8.41. The number of allylic oxidation sites excluding steroid dienone is 1. The molecule has 30 heavy (non-hydrogen) atoms. The molecule has 7 nitrogen and oxygen atoms in total. The summed E-state index contributed by atoms with van der Waals surface area (Å²) in [6.45, 7) is 1.85. The summed E-state index contributed by atoms with van der Waals surface area (Å²) in [6.07, 6.45) is 1.91. The number of halogens is 1. The second-order valence-electron chi connectivity index (χ2n) is 6.64. The van der Waals surface area contributed by atoms with Gasteiger partial charge >= 0.3 is 0 Å². The van der Waals surface area contributed by atoms with E-state index < -0.39 is 6.04 Å². The van der Waals surface area contributed by atoms with Crippen LogP contribution in [-0.2, 0) is 4.79 Å². The van der Waals surface area contributed by atoms with Gasteiger partial charge in [-0.15, -0.1) is 5.10 Å². The summed E-state index contributed by atoms with van der Waals surface area (Å²) in [6, 6.07) is 14.2. The molecule has 1 aromatic heterocycles. The van der Waals surface area contributed by atoms with Gasteiger partial charge in [0.05, 0.1) is 18.4 Å². The molecule has 9 heteroatoms. The highest BCUT2D eigenvalue weighted by molar-refractivity contribution is 7.98. The van der Waals surface area contributed by atoms with E-state index in [-0.39, 0.29) is 5.91 Å². The fraction of sp³-hybridized carbons (Fsp3) is 0.190. The summed E-state index contributed by atoms with van der Waals surface area (Å²) < 4.78 is 7.09. The number of carbonyl (C=O) groups excluding carboxylic acids is 1. The van der Waals surface area contributed by atoms with E-state index in [2.05, 4.69) is 20.7 Å². The number of hydrogen-bond acceptors (Lipinski definition) is 6. The number of nitrogens with zero attached hydrogens (tertiary/aromatic N) is 3. The van der Waals surface area contributed by atoms with Gasteiger partial charge in [0.1, 0.15) is 11.8 Å². The van der Waals surface area contributed by atoms with Crippen LogP contribution in [0.2, 0.25) is 5.02 Å². The molecule has 0 aliphatic carbocycles. The minimum absolute atomic E-state index is 0.263. The Hall–Kier alpha value is -2.97. The van der Waals surface area contributed by atoms with Crippen molar-refractivity contribution in [2.75, 3.05) is 24.0 Å². The predicted octanol–water partition coefficient (Wildman–Crippen LogP) is 4.59. The van der Waals surface area contributed by atoms with Crippen molar-refractivity contribution >= 4 is 40.9 Å². The lowest BCUT2D eigenvalue weighted by Crippen LogP contribution is -2.31. The third-order valence-electron chi connectivity index (χ3n) is 4.78. The molecule has 1 aliphatic heterocycles. The second-order valence-corrected chi connectivity index (χ2v) is 7.85. The summed E-state index contributed by atoms with van der Waals surface area (Å²) in [5, 5.41) is 12.0. The Balaban J connectivity index is 1.80. The van der Waals surface area contributed by atoms with Crippen molar-refractivity contribution in [3.05, 3.63) is 70.4 Å². The van der Waals surface area contributed by atoms with Crippen LogP contribution < -0.4 is 15.4 Å². The van der Waals surface area contributed by atoms with Crippen LogP contribution in [0.5, 0.6) is 5.75 Å². The summed E-state index contributed by atoms with van der Waals surface area (Å²) in [5.41, 5.74) is 2.64. The third-order valence-corrected chi connectivity index (χ3v) is 5.55. The van der Waals surface area contributed by atoms with Crippen LogP contribution in [0.4, 0.5) is 11.6 Å². The Kier molecular flexibility index (Phi) is 5.69. The van der Waals surface area contributed by atoms with Crippen LogP contribution in [0, 0.1) is 0 Å². The lowest BCUT2D eigenvalue weighted by molar-refractivity contribution is -0.113. The summed E-state index contributed by atoms with van der Waals surface area (Å²) in [7, 11) is 1.57. The third kappa shape index (κ3) is 3.76. The van der Waals surface area contributed by atoms with Crippen LogP contribution in [-0.4, -0.2) is 34.0 Å². The van der Waals surface area contributed by atoms with Gasteiger partial charge in [-0.2, -0.15) is 4.98 Å². The van der Waals surface area contributed by atoms with Crippen molar-refractivity contribution in [2.24, 2.45) is 0 Å². The highest BCUT2D eigenvalue weighted by atomic mass is 35.5. The van der Waals surface area contributed by atoms with Crippen LogP contribution in [0.3, 0.4) is 0 Å². The van der Waals surface area contributed by atoms with Crippen molar-refractivity contribution in [3.8, 4) is 5.75 Å². The highest BCUT2D eigenvalue weighted by Gasteiger charge is 2.34. The van der Waals surface area contributed by atoms with E-state index in [1.54, 1.807) is 30.0 Å². The number of aromatic nitrogens is 3. The number of benzene rings is 2. The van der Waals surface area contributed by atoms with Gasteiger partial charge in [0.25, 0.3) is 5.91 Å².